The van der Waals surface area contributed by atoms with Crippen molar-refractivity contribution in [1.29, 1.82) is 0 Å². The average Bonchev–Trinajstić information content (AvgIpc) is 2.27. The van der Waals surface area contributed by atoms with Gasteiger partial charge in [0.2, 0.25) is 0 Å². The first-order valence-corrected chi connectivity index (χ1v) is 6.35. The van der Waals surface area contributed by atoms with Gasteiger partial charge in [-0.3, -0.25) is 4.79 Å². The molecule has 0 aliphatic carbocycles. The minimum Gasteiger partial charge on any atom is -0.460 e. The van der Waals surface area contributed by atoms with E-state index in [1.807, 2.05) is 52.0 Å². The van der Waals surface area contributed by atoms with Crippen molar-refractivity contribution < 1.29 is 9.53 Å². The van der Waals surface area contributed by atoms with E-state index in [1.54, 1.807) is 0 Å². The number of nitrogens with two attached hydrogens (primary N) is 1. The number of hydrogen-bond donors (Lipinski definition) is 1. The van der Waals surface area contributed by atoms with Gasteiger partial charge in [0.15, 0.2) is 0 Å². The van der Waals surface area contributed by atoms with Crippen molar-refractivity contribution in [2.45, 2.75) is 45.6 Å². The maximum atomic E-state index is 11.9. The summed E-state index contributed by atoms with van der Waals surface area (Å²) in [5.74, 6) is -0.426. The van der Waals surface area contributed by atoms with Crippen LogP contribution in [0.4, 0.5) is 0 Å². The number of carbonyl (C=O) groups excluding carboxylic acids is 1. The van der Waals surface area contributed by atoms with Gasteiger partial charge in [0.25, 0.3) is 0 Å². The summed E-state index contributed by atoms with van der Waals surface area (Å²) in [6.45, 7) is 8.14. The lowest BCUT2D eigenvalue weighted by atomic mass is 9.99. The van der Waals surface area contributed by atoms with Crippen molar-refractivity contribution in [1.82, 2.24) is 0 Å². The minimum absolute atomic E-state index is 0. The molecule has 0 amide bonds. The fourth-order valence-corrected chi connectivity index (χ4v) is 1.67. The van der Waals surface area contributed by atoms with Gasteiger partial charge in [-0.25, -0.2) is 0 Å². The monoisotopic (exact) mass is 285 g/mol. The molecule has 2 N–H and O–H groups in total. The van der Waals surface area contributed by atoms with Crippen LogP contribution in [0.25, 0.3) is 0 Å². The zero-order valence-electron chi connectivity index (χ0n) is 12.1. The van der Waals surface area contributed by atoms with Gasteiger partial charge in [-0.1, -0.05) is 24.3 Å². The van der Waals surface area contributed by atoms with Crippen LogP contribution in [0.15, 0.2) is 24.3 Å². The van der Waals surface area contributed by atoms with Crippen LogP contribution in [-0.2, 0) is 16.0 Å². The molecule has 3 nitrogen and oxygen atoms in total. The molecule has 0 saturated heterocycles. The van der Waals surface area contributed by atoms with E-state index in [0.29, 0.717) is 6.54 Å². The Hall–Kier alpha value is -1.06. The lowest BCUT2D eigenvalue weighted by Gasteiger charge is -2.22. The van der Waals surface area contributed by atoms with Crippen molar-refractivity contribution >= 4 is 18.4 Å². The van der Waals surface area contributed by atoms with Gasteiger partial charge in [0.1, 0.15) is 5.60 Å². The Morgan fingerprint density at radius 2 is 1.79 bits per heavy atom. The lowest BCUT2D eigenvalue weighted by molar-refractivity contribution is -0.156. The van der Waals surface area contributed by atoms with Gasteiger partial charge in [0, 0.05) is 0 Å². The summed E-state index contributed by atoms with van der Waals surface area (Å²) in [7, 11) is 0. The van der Waals surface area contributed by atoms with E-state index in [2.05, 4.69) is 0 Å². The maximum absolute atomic E-state index is 11.9. The third kappa shape index (κ3) is 6.08. The fraction of sp³-hybridized carbons (Fsp3) is 0.533. The Morgan fingerprint density at radius 3 is 2.21 bits per heavy atom. The Kier molecular flexibility index (Phi) is 7.09. The first-order valence-electron chi connectivity index (χ1n) is 6.35. The number of halogens is 1. The number of benzene rings is 1. The average molecular weight is 286 g/mol. The van der Waals surface area contributed by atoms with Gasteiger partial charge in [-0.15, -0.1) is 12.4 Å². The van der Waals surface area contributed by atoms with Crippen molar-refractivity contribution in [2.24, 2.45) is 5.73 Å². The van der Waals surface area contributed by atoms with Crippen LogP contribution in [0.2, 0.25) is 0 Å². The van der Waals surface area contributed by atoms with Gasteiger partial charge in [-0.2, -0.15) is 0 Å². The first-order chi connectivity index (χ1) is 8.33. The van der Waals surface area contributed by atoms with E-state index in [0.717, 1.165) is 12.0 Å². The van der Waals surface area contributed by atoms with Crippen LogP contribution in [-0.4, -0.2) is 18.1 Å². The van der Waals surface area contributed by atoms with E-state index in [9.17, 15) is 4.79 Å². The van der Waals surface area contributed by atoms with Crippen LogP contribution in [0.1, 0.15) is 44.7 Å². The van der Waals surface area contributed by atoms with Gasteiger partial charge >= 0.3 is 5.97 Å². The summed E-state index contributed by atoms with van der Waals surface area (Å²) < 4.78 is 5.37. The number of rotatable bonds is 4. The highest BCUT2D eigenvalue weighted by Crippen LogP contribution is 2.20. The number of esters is 1. The highest BCUT2D eigenvalue weighted by atomic mass is 35.5. The van der Waals surface area contributed by atoms with Crippen LogP contribution in [0, 0.1) is 0 Å². The number of ether oxygens (including phenoxy) is 1. The van der Waals surface area contributed by atoms with E-state index in [4.69, 9.17) is 10.5 Å². The molecule has 0 heterocycles. The third-order valence-electron chi connectivity index (χ3n) is 2.67. The Morgan fingerprint density at radius 1 is 1.26 bits per heavy atom. The molecule has 108 valence electrons. The molecular formula is C15H24ClNO2. The van der Waals surface area contributed by atoms with Crippen molar-refractivity contribution in [3.05, 3.63) is 35.4 Å². The molecule has 0 saturated carbocycles. The maximum Gasteiger partial charge on any atom is 0.313 e. The van der Waals surface area contributed by atoms with Crippen molar-refractivity contribution in [2.75, 3.05) is 6.54 Å². The predicted molar refractivity (Wildman–Crippen MR) is 80.7 cm³/mol. The van der Waals surface area contributed by atoms with Crippen LogP contribution in [0.5, 0.6) is 0 Å². The smallest absolute Gasteiger partial charge is 0.313 e. The first kappa shape index (κ1) is 17.9. The molecule has 1 rings (SSSR count). The van der Waals surface area contributed by atoms with Gasteiger partial charge in [-0.05, 0) is 51.8 Å². The molecule has 0 bridgehead atoms. The molecule has 0 radical (unpaired) electrons. The SMILES string of the molecule is CC(C(=O)OC(C)(C)C)c1ccc(CCN)cc1.Cl. The molecule has 0 fully saturated rings. The fourth-order valence-electron chi connectivity index (χ4n) is 1.67. The van der Waals surface area contributed by atoms with E-state index in [1.165, 1.54) is 5.56 Å². The molecular weight excluding hydrogens is 262 g/mol. The predicted octanol–water partition coefficient (Wildman–Crippen LogP) is 3.05. The normalized spacial score (nSPS) is 12.5. The Balaban J connectivity index is 0.00000324. The molecule has 0 aliphatic rings. The molecule has 19 heavy (non-hydrogen) atoms. The van der Waals surface area contributed by atoms with Gasteiger partial charge in [0.05, 0.1) is 5.92 Å². The summed E-state index contributed by atoms with van der Waals surface area (Å²) in [6.07, 6.45) is 0.862. The molecule has 1 atom stereocenters. The molecule has 0 spiro atoms. The summed E-state index contributed by atoms with van der Waals surface area (Å²) in [4.78, 5) is 11.9. The van der Waals surface area contributed by atoms with Crippen LogP contribution < -0.4 is 5.73 Å². The van der Waals surface area contributed by atoms with E-state index in [-0.39, 0.29) is 24.3 Å². The molecule has 0 aliphatic heterocycles. The molecule has 0 aromatic heterocycles. The Labute approximate surface area is 121 Å². The van der Waals surface area contributed by atoms with Crippen LogP contribution >= 0.6 is 12.4 Å². The van der Waals surface area contributed by atoms with E-state index >= 15 is 0 Å². The Bertz CT molecular complexity index is 396. The lowest BCUT2D eigenvalue weighted by Crippen LogP contribution is -2.26. The number of carbonyl (C=O) groups is 1. The topological polar surface area (TPSA) is 52.3 Å². The zero-order valence-corrected chi connectivity index (χ0v) is 12.9. The second-order valence-electron chi connectivity index (χ2n) is 5.54. The van der Waals surface area contributed by atoms with Crippen molar-refractivity contribution in [3.63, 3.8) is 0 Å². The summed E-state index contributed by atoms with van der Waals surface area (Å²) >= 11 is 0. The second-order valence-corrected chi connectivity index (χ2v) is 5.54. The third-order valence-corrected chi connectivity index (χ3v) is 2.67. The second kappa shape index (κ2) is 7.51. The highest BCUT2D eigenvalue weighted by Gasteiger charge is 2.22. The highest BCUT2D eigenvalue weighted by molar-refractivity contribution is 5.85. The largest absolute Gasteiger partial charge is 0.460 e. The standard InChI is InChI=1S/C15H23NO2.ClH/c1-11(14(17)18-15(2,3)4)13-7-5-12(6-8-13)9-10-16;/h5-8,11H,9-10,16H2,1-4H3;1H. The quantitative estimate of drug-likeness (QED) is 0.865. The summed E-state index contributed by atoms with van der Waals surface area (Å²) in [5, 5.41) is 0. The van der Waals surface area contributed by atoms with Gasteiger partial charge < -0.3 is 10.5 Å². The molecule has 4 heteroatoms. The van der Waals surface area contributed by atoms with Crippen LogP contribution in [0.3, 0.4) is 0 Å². The van der Waals surface area contributed by atoms with Crippen molar-refractivity contribution in [3.8, 4) is 0 Å². The van der Waals surface area contributed by atoms with E-state index < -0.39 is 5.60 Å². The molecule has 1 unspecified atom stereocenters. The summed E-state index contributed by atoms with van der Waals surface area (Å²) in [6, 6.07) is 7.98. The molecule has 1 aromatic rings. The number of hydrogen-bond acceptors (Lipinski definition) is 3. The minimum atomic E-state index is -0.440. The zero-order chi connectivity index (χ0) is 13.8. The summed E-state index contributed by atoms with van der Waals surface area (Å²) in [5.41, 5.74) is 7.23. The molecule has 1 aromatic carbocycles.